The topological polar surface area (TPSA) is 147 Å². The largest absolute Gasteiger partial charge is 0.619 e. The van der Waals surface area contributed by atoms with E-state index >= 15 is 0 Å². The van der Waals surface area contributed by atoms with Gasteiger partial charge < -0.3 is 29.1 Å². The maximum absolute atomic E-state index is 13.8. The van der Waals surface area contributed by atoms with Crippen LogP contribution in [0.15, 0.2) is 90.1 Å². The van der Waals surface area contributed by atoms with Gasteiger partial charge in [0.15, 0.2) is 23.9 Å². The number of rotatable bonds is 18. The molecule has 2 atom stereocenters. The minimum absolute atomic E-state index is 0.0178. The standard InChI is InChI=1S/C37H37Cl2F2N3O9S/c1-43(2)15-16-50-36(46)34(24-7-4-3-5-8-24)42-54(48,49)27-10-6-9-26(17-27)35(45)52-32(19-28-29(38)20-44(47)21-30(28)39)25-13-14-31(53-37(40)41)33(18-25)51-22-23-11-12-23/h3-10,13-14,17-18,20-21,23,32,34,37,42H,11-12,15-16,19,22H2,1-2H3/t32-,34?/m0/s1. The van der Waals surface area contributed by atoms with Crippen molar-refractivity contribution in [1.29, 1.82) is 0 Å². The molecule has 1 aromatic heterocycles. The van der Waals surface area contributed by atoms with E-state index in [1.807, 2.05) is 0 Å². The van der Waals surface area contributed by atoms with Gasteiger partial charge in [-0.3, -0.25) is 0 Å². The number of esters is 2. The van der Waals surface area contributed by atoms with E-state index in [2.05, 4.69) is 9.46 Å². The fraction of sp³-hybridized carbons (Fsp3) is 0.324. The normalized spacial score (nSPS) is 14.1. The molecule has 0 spiro atoms. The first-order chi connectivity index (χ1) is 25.7. The average molecular weight is 809 g/mol. The zero-order valence-electron chi connectivity index (χ0n) is 29.1. The smallest absolute Gasteiger partial charge is 0.387 e. The van der Waals surface area contributed by atoms with Crippen LogP contribution < -0.4 is 18.9 Å². The number of carbonyl (C=O) groups is 2. The summed E-state index contributed by atoms with van der Waals surface area (Å²) in [7, 11) is -0.861. The van der Waals surface area contributed by atoms with Gasteiger partial charge in [-0.15, -0.1) is 0 Å². The molecule has 0 amide bonds. The number of alkyl halides is 2. The minimum Gasteiger partial charge on any atom is -0.619 e. The number of hydrogen-bond donors (Lipinski definition) is 1. The first-order valence-electron chi connectivity index (χ1n) is 16.7. The number of nitrogens with zero attached hydrogens (tertiary/aromatic N) is 2. The molecule has 1 unspecified atom stereocenters. The Morgan fingerprint density at radius 2 is 1.67 bits per heavy atom. The Morgan fingerprint density at radius 1 is 0.963 bits per heavy atom. The monoisotopic (exact) mass is 807 g/mol. The van der Waals surface area contributed by atoms with Gasteiger partial charge in [0, 0.05) is 18.5 Å². The number of nitrogens with one attached hydrogen (secondary N) is 1. The highest BCUT2D eigenvalue weighted by Crippen LogP contribution is 2.38. The summed E-state index contributed by atoms with van der Waals surface area (Å²) in [6.07, 6.45) is 2.58. The maximum atomic E-state index is 13.8. The number of benzene rings is 3. The van der Waals surface area contributed by atoms with E-state index in [4.69, 9.17) is 37.4 Å². The zero-order valence-corrected chi connectivity index (χ0v) is 31.5. The Hall–Kier alpha value is -4.54. The van der Waals surface area contributed by atoms with Crippen molar-refractivity contribution < 1.29 is 50.5 Å². The van der Waals surface area contributed by atoms with E-state index < -0.39 is 40.7 Å². The summed E-state index contributed by atoms with van der Waals surface area (Å²) < 4.78 is 78.5. The van der Waals surface area contributed by atoms with E-state index in [1.54, 1.807) is 49.3 Å². The van der Waals surface area contributed by atoms with E-state index in [0.29, 0.717) is 16.8 Å². The summed E-state index contributed by atoms with van der Waals surface area (Å²) >= 11 is 12.7. The predicted molar refractivity (Wildman–Crippen MR) is 194 cm³/mol. The fourth-order valence-electron chi connectivity index (χ4n) is 5.18. The van der Waals surface area contributed by atoms with Gasteiger partial charge in [-0.05, 0) is 74.3 Å². The van der Waals surface area contributed by atoms with Gasteiger partial charge in [-0.2, -0.15) is 18.2 Å². The van der Waals surface area contributed by atoms with Crippen molar-refractivity contribution in [2.45, 2.75) is 42.9 Å². The van der Waals surface area contributed by atoms with Crippen LogP contribution in [0.5, 0.6) is 11.5 Å². The lowest BCUT2D eigenvalue weighted by Gasteiger charge is -2.22. The molecule has 0 aliphatic heterocycles. The molecule has 4 aromatic rings. The lowest BCUT2D eigenvalue weighted by molar-refractivity contribution is -0.605. The lowest BCUT2D eigenvalue weighted by Crippen LogP contribution is -2.36. The van der Waals surface area contributed by atoms with Crippen molar-refractivity contribution in [3.8, 4) is 11.5 Å². The highest BCUT2D eigenvalue weighted by molar-refractivity contribution is 7.89. The highest BCUT2D eigenvalue weighted by Gasteiger charge is 2.30. The molecule has 12 nitrogen and oxygen atoms in total. The third kappa shape index (κ3) is 11.2. The molecule has 54 heavy (non-hydrogen) atoms. The van der Waals surface area contributed by atoms with Crippen LogP contribution in [-0.2, 0) is 30.7 Å². The number of likely N-dealkylation sites (N-methyl/N-ethyl adjacent to an activating group) is 1. The molecule has 17 heteroatoms. The number of ether oxygens (including phenoxy) is 4. The summed E-state index contributed by atoms with van der Waals surface area (Å²) in [6.45, 7) is -2.45. The van der Waals surface area contributed by atoms with Gasteiger partial charge >= 0.3 is 18.6 Å². The highest BCUT2D eigenvalue weighted by atomic mass is 35.5. The van der Waals surface area contributed by atoms with E-state index in [1.165, 1.54) is 36.4 Å². The van der Waals surface area contributed by atoms with Crippen molar-refractivity contribution in [2.24, 2.45) is 5.92 Å². The first kappa shape index (κ1) is 40.6. The molecule has 1 fully saturated rings. The average Bonchev–Trinajstić information content (AvgIpc) is 3.96. The molecular formula is C37H37Cl2F2N3O9S. The third-order valence-corrected chi connectivity index (χ3v) is 10.3. The lowest BCUT2D eigenvalue weighted by atomic mass is 10.0. The second-order valence-electron chi connectivity index (χ2n) is 12.7. The molecule has 0 bridgehead atoms. The number of sulfonamides is 1. The molecule has 1 saturated carbocycles. The molecule has 0 radical (unpaired) electrons. The molecule has 1 aliphatic rings. The minimum atomic E-state index is -4.45. The van der Waals surface area contributed by atoms with Crippen molar-refractivity contribution in [2.75, 3.05) is 33.9 Å². The van der Waals surface area contributed by atoms with Crippen molar-refractivity contribution in [3.05, 3.63) is 123 Å². The van der Waals surface area contributed by atoms with Crippen molar-refractivity contribution in [1.82, 2.24) is 9.62 Å². The quantitative estimate of drug-likeness (QED) is 0.0692. The molecule has 1 N–H and O–H groups in total. The maximum Gasteiger partial charge on any atom is 0.387 e. The SMILES string of the molecule is CN(C)CCOC(=O)C(NS(=O)(=O)c1cccc(C(=O)O[C@@H](Cc2c(Cl)c[n+]([O-])cc2Cl)c2ccc(OC(F)F)c(OCC3CC3)c2)c1)c1ccccc1. The van der Waals surface area contributed by atoms with Crippen molar-refractivity contribution >= 4 is 45.2 Å². The van der Waals surface area contributed by atoms with Gasteiger partial charge in [-0.25, -0.2) is 18.0 Å². The molecule has 288 valence electrons. The Bertz CT molecular complexity index is 2030. The molecular weight excluding hydrogens is 771 g/mol. The van der Waals surface area contributed by atoms with Crippen LogP contribution in [-0.4, -0.2) is 65.7 Å². The predicted octanol–water partition coefficient (Wildman–Crippen LogP) is 6.28. The summed E-state index contributed by atoms with van der Waals surface area (Å²) in [5, 5.41) is 11.9. The second kappa shape index (κ2) is 18.2. The number of aromatic nitrogens is 1. The summed E-state index contributed by atoms with van der Waals surface area (Å²) in [6, 6.07) is 15.7. The van der Waals surface area contributed by atoms with Gasteiger partial charge in [-0.1, -0.05) is 65.7 Å². The van der Waals surface area contributed by atoms with Crippen molar-refractivity contribution in [3.63, 3.8) is 0 Å². The van der Waals surface area contributed by atoms with Crippen LogP contribution in [0.3, 0.4) is 0 Å². The Labute approximate surface area is 321 Å². The van der Waals surface area contributed by atoms with Crippen LogP contribution >= 0.6 is 23.2 Å². The van der Waals surface area contributed by atoms with E-state index in [9.17, 15) is 32.0 Å². The van der Waals surface area contributed by atoms with Gasteiger partial charge in [0.2, 0.25) is 10.0 Å². The Balaban J connectivity index is 1.44. The zero-order chi connectivity index (χ0) is 39.0. The van der Waals surface area contributed by atoms with Crippen LogP contribution in [0.25, 0.3) is 0 Å². The van der Waals surface area contributed by atoms with E-state index in [-0.39, 0.29) is 68.7 Å². The number of hydrogen-bond acceptors (Lipinski definition) is 10. The van der Waals surface area contributed by atoms with Gasteiger partial charge in [0.05, 0.1) is 17.1 Å². The number of halogens is 4. The summed E-state index contributed by atoms with van der Waals surface area (Å²) in [5.74, 6) is -1.79. The third-order valence-electron chi connectivity index (χ3n) is 8.23. The molecule has 1 aliphatic carbocycles. The summed E-state index contributed by atoms with van der Waals surface area (Å²) in [4.78, 5) is 28.3. The van der Waals surface area contributed by atoms with Crippen LogP contribution in [0, 0.1) is 11.1 Å². The number of pyridine rings is 1. The van der Waals surface area contributed by atoms with Crippen LogP contribution in [0.2, 0.25) is 10.0 Å². The number of carbonyl (C=O) groups excluding carboxylic acids is 2. The first-order valence-corrected chi connectivity index (χ1v) is 18.9. The Kier molecular flexibility index (Phi) is 13.7. The van der Waals surface area contributed by atoms with Crippen LogP contribution in [0.4, 0.5) is 8.78 Å². The van der Waals surface area contributed by atoms with E-state index in [0.717, 1.165) is 31.3 Å². The molecule has 1 heterocycles. The summed E-state index contributed by atoms with van der Waals surface area (Å²) in [5.41, 5.74) is 0.658. The van der Waals surface area contributed by atoms with Gasteiger partial charge in [0.1, 0.15) is 28.8 Å². The van der Waals surface area contributed by atoms with Crippen LogP contribution in [0.1, 0.15) is 52.0 Å². The molecule has 0 saturated heterocycles. The Morgan fingerprint density at radius 3 is 2.31 bits per heavy atom. The second-order valence-corrected chi connectivity index (χ2v) is 15.2. The molecule has 3 aromatic carbocycles. The van der Waals surface area contributed by atoms with Gasteiger partial charge in [0.25, 0.3) is 0 Å². The fourth-order valence-corrected chi connectivity index (χ4v) is 7.00. The molecule has 5 rings (SSSR count).